The Hall–Kier alpha value is -0.810. The molecular formula is C7H15N3O2. The van der Waals surface area contributed by atoms with Crippen molar-refractivity contribution in [3.8, 4) is 0 Å². The van der Waals surface area contributed by atoms with Gasteiger partial charge in [-0.1, -0.05) is 0 Å². The lowest BCUT2D eigenvalue weighted by Crippen LogP contribution is -2.47. The van der Waals surface area contributed by atoms with Gasteiger partial charge in [-0.05, 0) is 6.92 Å². The normalized spacial score (nSPS) is 28.5. The molecule has 2 amide bonds. The molecule has 1 aliphatic rings. The average molecular weight is 173 g/mol. The Labute approximate surface area is 71.5 Å². The SMILES string of the molecule is CCNC(=O)N[C@H]1CNC[C@@H]1O. The number of rotatable bonds is 2. The van der Waals surface area contributed by atoms with Crippen LogP contribution in [0.25, 0.3) is 0 Å². The number of carbonyl (C=O) groups is 1. The molecule has 4 N–H and O–H groups in total. The minimum Gasteiger partial charge on any atom is -0.390 e. The zero-order valence-corrected chi connectivity index (χ0v) is 7.13. The predicted octanol–water partition coefficient (Wildman–Crippen LogP) is -1.36. The fourth-order valence-electron chi connectivity index (χ4n) is 1.19. The molecule has 5 nitrogen and oxygen atoms in total. The van der Waals surface area contributed by atoms with Gasteiger partial charge in [0, 0.05) is 19.6 Å². The van der Waals surface area contributed by atoms with Crippen LogP contribution in [0.5, 0.6) is 0 Å². The number of urea groups is 1. The Balaban J connectivity index is 2.25. The van der Waals surface area contributed by atoms with E-state index >= 15 is 0 Å². The fraction of sp³-hybridized carbons (Fsp3) is 0.857. The van der Waals surface area contributed by atoms with E-state index in [1.54, 1.807) is 0 Å². The lowest BCUT2D eigenvalue weighted by atomic mass is 10.2. The Morgan fingerprint density at radius 3 is 2.92 bits per heavy atom. The van der Waals surface area contributed by atoms with Crippen LogP contribution >= 0.6 is 0 Å². The first-order valence-electron chi connectivity index (χ1n) is 4.17. The molecule has 1 aliphatic heterocycles. The molecule has 1 heterocycles. The van der Waals surface area contributed by atoms with Gasteiger partial charge in [0.05, 0.1) is 12.1 Å². The molecule has 1 saturated heterocycles. The zero-order chi connectivity index (χ0) is 8.97. The van der Waals surface area contributed by atoms with Gasteiger partial charge in [-0.3, -0.25) is 0 Å². The summed E-state index contributed by atoms with van der Waals surface area (Å²) in [6.45, 7) is 3.64. The molecule has 0 aromatic carbocycles. The van der Waals surface area contributed by atoms with E-state index in [9.17, 15) is 9.90 Å². The lowest BCUT2D eigenvalue weighted by molar-refractivity contribution is 0.162. The Morgan fingerprint density at radius 1 is 1.67 bits per heavy atom. The lowest BCUT2D eigenvalue weighted by Gasteiger charge is -2.15. The predicted molar refractivity (Wildman–Crippen MR) is 44.9 cm³/mol. The summed E-state index contributed by atoms with van der Waals surface area (Å²) < 4.78 is 0. The molecular weight excluding hydrogens is 158 g/mol. The van der Waals surface area contributed by atoms with Crippen LogP contribution in [0.1, 0.15) is 6.92 Å². The summed E-state index contributed by atoms with van der Waals surface area (Å²) >= 11 is 0. The maximum Gasteiger partial charge on any atom is 0.315 e. The van der Waals surface area contributed by atoms with Crippen molar-refractivity contribution in [2.75, 3.05) is 19.6 Å². The van der Waals surface area contributed by atoms with Crippen molar-refractivity contribution in [1.82, 2.24) is 16.0 Å². The maximum atomic E-state index is 11.0. The summed E-state index contributed by atoms with van der Waals surface area (Å²) in [6.07, 6.45) is -0.465. The molecule has 0 spiro atoms. The van der Waals surface area contributed by atoms with Gasteiger partial charge in [0.2, 0.25) is 0 Å². The highest BCUT2D eigenvalue weighted by Gasteiger charge is 2.25. The number of hydrogen-bond donors (Lipinski definition) is 4. The first kappa shape index (κ1) is 9.28. The van der Waals surface area contributed by atoms with Crippen LogP contribution < -0.4 is 16.0 Å². The van der Waals surface area contributed by atoms with Crippen LogP contribution in [0.4, 0.5) is 4.79 Å². The van der Waals surface area contributed by atoms with Crippen LogP contribution in [0.3, 0.4) is 0 Å². The van der Waals surface area contributed by atoms with E-state index in [1.807, 2.05) is 6.92 Å². The molecule has 70 valence electrons. The quantitative estimate of drug-likeness (QED) is 0.416. The van der Waals surface area contributed by atoms with Gasteiger partial charge in [0.25, 0.3) is 0 Å². The molecule has 0 aromatic rings. The van der Waals surface area contributed by atoms with Gasteiger partial charge in [0.15, 0.2) is 0 Å². The third kappa shape index (κ3) is 2.35. The number of carbonyl (C=O) groups excluding carboxylic acids is 1. The highest BCUT2D eigenvalue weighted by molar-refractivity contribution is 5.74. The van der Waals surface area contributed by atoms with Crippen molar-refractivity contribution in [3.63, 3.8) is 0 Å². The van der Waals surface area contributed by atoms with Crippen LogP contribution in [-0.2, 0) is 0 Å². The molecule has 1 rings (SSSR count). The van der Waals surface area contributed by atoms with Gasteiger partial charge in [-0.15, -0.1) is 0 Å². The van der Waals surface area contributed by atoms with Crippen molar-refractivity contribution in [3.05, 3.63) is 0 Å². The minimum absolute atomic E-state index is 0.156. The highest BCUT2D eigenvalue weighted by atomic mass is 16.3. The van der Waals surface area contributed by atoms with E-state index in [0.29, 0.717) is 19.6 Å². The van der Waals surface area contributed by atoms with Crippen LogP contribution in [0.15, 0.2) is 0 Å². The third-order valence-corrected chi connectivity index (χ3v) is 1.84. The maximum absolute atomic E-state index is 11.0. The van der Waals surface area contributed by atoms with Crippen LogP contribution in [-0.4, -0.2) is 42.9 Å². The third-order valence-electron chi connectivity index (χ3n) is 1.84. The fourth-order valence-corrected chi connectivity index (χ4v) is 1.19. The second kappa shape index (κ2) is 4.27. The van der Waals surface area contributed by atoms with Crippen molar-refractivity contribution >= 4 is 6.03 Å². The molecule has 5 heteroatoms. The number of nitrogens with one attached hydrogen (secondary N) is 3. The standard InChI is InChI=1S/C7H15N3O2/c1-2-9-7(12)10-5-3-8-4-6(5)11/h5-6,8,11H,2-4H2,1H3,(H2,9,10,12)/t5-,6-/m0/s1. The van der Waals surface area contributed by atoms with Crippen LogP contribution in [0.2, 0.25) is 0 Å². The van der Waals surface area contributed by atoms with E-state index in [1.165, 1.54) is 0 Å². The van der Waals surface area contributed by atoms with Crippen molar-refractivity contribution in [2.45, 2.75) is 19.1 Å². The van der Waals surface area contributed by atoms with Gasteiger partial charge < -0.3 is 21.1 Å². The Bertz CT molecular complexity index is 163. The van der Waals surface area contributed by atoms with E-state index in [0.717, 1.165) is 0 Å². The van der Waals surface area contributed by atoms with Gasteiger partial charge in [-0.2, -0.15) is 0 Å². The zero-order valence-electron chi connectivity index (χ0n) is 7.13. The molecule has 0 saturated carbocycles. The second-order valence-electron chi connectivity index (χ2n) is 2.84. The van der Waals surface area contributed by atoms with E-state index < -0.39 is 6.10 Å². The van der Waals surface area contributed by atoms with Gasteiger partial charge in [0.1, 0.15) is 0 Å². The van der Waals surface area contributed by atoms with E-state index in [4.69, 9.17) is 0 Å². The topological polar surface area (TPSA) is 73.4 Å². The summed E-state index contributed by atoms with van der Waals surface area (Å²) in [5.74, 6) is 0. The molecule has 0 bridgehead atoms. The Kier molecular flexibility index (Phi) is 3.31. The smallest absolute Gasteiger partial charge is 0.315 e. The average Bonchev–Trinajstić information content (AvgIpc) is 2.37. The molecule has 0 radical (unpaired) electrons. The summed E-state index contributed by atoms with van der Waals surface area (Å²) in [6, 6.07) is -0.373. The van der Waals surface area contributed by atoms with E-state index in [2.05, 4.69) is 16.0 Å². The number of amides is 2. The molecule has 0 aliphatic carbocycles. The number of aliphatic hydroxyl groups is 1. The molecule has 12 heavy (non-hydrogen) atoms. The van der Waals surface area contributed by atoms with Gasteiger partial charge >= 0.3 is 6.03 Å². The number of aliphatic hydroxyl groups excluding tert-OH is 1. The van der Waals surface area contributed by atoms with Crippen molar-refractivity contribution in [1.29, 1.82) is 0 Å². The molecule has 2 atom stereocenters. The molecule has 0 aromatic heterocycles. The Morgan fingerprint density at radius 2 is 2.42 bits per heavy atom. The first-order chi connectivity index (χ1) is 5.74. The van der Waals surface area contributed by atoms with Crippen molar-refractivity contribution < 1.29 is 9.90 Å². The summed E-state index contributed by atoms with van der Waals surface area (Å²) in [7, 11) is 0. The van der Waals surface area contributed by atoms with E-state index in [-0.39, 0.29) is 12.1 Å². The molecule has 1 fully saturated rings. The van der Waals surface area contributed by atoms with Gasteiger partial charge in [-0.25, -0.2) is 4.79 Å². The summed E-state index contributed by atoms with van der Waals surface area (Å²) in [4.78, 5) is 11.0. The van der Waals surface area contributed by atoms with Crippen LogP contribution in [0, 0.1) is 0 Å². The minimum atomic E-state index is -0.465. The monoisotopic (exact) mass is 173 g/mol. The largest absolute Gasteiger partial charge is 0.390 e. The first-order valence-corrected chi connectivity index (χ1v) is 4.17. The highest BCUT2D eigenvalue weighted by Crippen LogP contribution is 1.98. The number of β-amino-alcohol motifs (C(OH)–C–C–N with tert-alkyl or cyclic N) is 1. The van der Waals surface area contributed by atoms with Crippen molar-refractivity contribution in [2.24, 2.45) is 0 Å². The second-order valence-corrected chi connectivity index (χ2v) is 2.84. The number of hydrogen-bond acceptors (Lipinski definition) is 3. The summed E-state index contributed by atoms with van der Waals surface area (Å²) in [5.41, 5.74) is 0. The molecule has 0 unspecified atom stereocenters. The summed E-state index contributed by atoms with van der Waals surface area (Å²) in [5, 5.41) is 17.5.